The van der Waals surface area contributed by atoms with Crippen molar-refractivity contribution < 1.29 is 0 Å². The lowest BCUT2D eigenvalue weighted by Crippen LogP contribution is -2.39. The van der Waals surface area contributed by atoms with Gasteiger partial charge < -0.3 is 15.6 Å². The molecule has 138 valence electrons. The minimum atomic E-state index is 0.785. The molecule has 0 amide bonds. The number of hydrogen-bond acceptors (Lipinski definition) is 2. The Morgan fingerprint density at radius 1 is 1.23 bits per heavy atom. The van der Waals surface area contributed by atoms with E-state index in [9.17, 15) is 0 Å². The SMILES string of the molecule is CCc1cccc2c(CCNC(=NC)NCCn3cc(C)cn3)c[nH]c12. The highest BCUT2D eigenvalue weighted by Gasteiger charge is 2.06. The molecule has 0 spiro atoms. The molecule has 6 heteroatoms. The fourth-order valence-electron chi connectivity index (χ4n) is 3.19. The predicted octanol–water partition coefficient (Wildman–Crippen LogP) is 2.64. The van der Waals surface area contributed by atoms with Crippen LogP contribution in [-0.4, -0.2) is 40.9 Å². The molecule has 2 aromatic heterocycles. The number of aromatic nitrogens is 3. The van der Waals surface area contributed by atoms with Crippen molar-refractivity contribution in [1.82, 2.24) is 25.4 Å². The summed E-state index contributed by atoms with van der Waals surface area (Å²) in [5.41, 5.74) is 5.15. The Hall–Kier alpha value is -2.76. The van der Waals surface area contributed by atoms with Gasteiger partial charge in [-0.15, -0.1) is 0 Å². The molecule has 0 aliphatic rings. The summed E-state index contributed by atoms with van der Waals surface area (Å²) in [5.74, 6) is 0.822. The molecule has 0 radical (unpaired) electrons. The molecule has 0 atom stereocenters. The second kappa shape index (κ2) is 8.56. The molecular formula is C20H28N6. The lowest BCUT2D eigenvalue weighted by molar-refractivity contribution is 0.597. The average molecular weight is 352 g/mol. The summed E-state index contributed by atoms with van der Waals surface area (Å²) >= 11 is 0. The molecule has 0 fully saturated rings. The number of nitrogens with one attached hydrogen (secondary N) is 3. The maximum Gasteiger partial charge on any atom is 0.191 e. The zero-order chi connectivity index (χ0) is 18.4. The molecule has 0 saturated heterocycles. The number of aromatic amines is 1. The topological polar surface area (TPSA) is 70.0 Å². The van der Waals surface area contributed by atoms with Gasteiger partial charge in [-0.25, -0.2) is 0 Å². The smallest absolute Gasteiger partial charge is 0.191 e. The summed E-state index contributed by atoms with van der Waals surface area (Å²) in [6, 6.07) is 6.52. The molecule has 0 saturated carbocycles. The van der Waals surface area contributed by atoms with Crippen LogP contribution in [-0.2, 0) is 19.4 Å². The molecule has 0 bridgehead atoms. The highest BCUT2D eigenvalue weighted by Crippen LogP contribution is 2.22. The molecule has 3 N–H and O–H groups in total. The molecule has 3 rings (SSSR count). The van der Waals surface area contributed by atoms with Crippen LogP contribution in [0.15, 0.2) is 41.8 Å². The first kappa shape index (κ1) is 18.0. The summed E-state index contributed by atoms with van der Waals surface area (Å²) in [6.45, 7) is 6.68. The van der Waals surface area contributed by atoms with Gasteiger partial charge in [-0.05, 0) is 36.5 Å². The maximum atomic E-state index is 4.29. The normalized spacial score (nSPS) is 11.9. The molecule has 26 heavy (non-hydrogen) atoms. The van der Waals surface area contributed by atoms with Crippen molar-refractivity contribution in [2.24, 2.45) is 4.99 Å². The van der Waals surface area contributed by atoms with E-state index in [1.54, 1.807) is 7.05 Å². The monoisotopic (exact) mass is 352 g/mol. The van der Waals surface area contributed by atoms with Gasteiger partial charge in [0.05, 0.1) is 12.7 Å². The number of rotatable bonds is 7. The number of fused-ring (bicyclic) bond motifs is 1. The molecule has 0 unspecified atom stereocenters. The Balaban J connectivity index is 1.48. The van der Waals surface area contributed by atoms with Gasteiger partial charge in [0.2, 0.25) is 0 Å². The van der Waals surface area contributed by atoms with Gasteiger partial charge in [0.1, 0.15) is 0 Å². The maximum absolute atomic E-state index is 4.29. The summed E-state index contributed by atoms with van der Waals surface area (Å²) < 4.78 is 1.94. The molecule has 3 aromatic rings. The van der Waals surface area contributed by atoms with Crippen molar-refractivity contribution in [1.29, 1.82) is 0 Å². The molecule has 0 aliphatic carbocycles. The van der Waals surface area contributed by atoms with Crippen molar-refractivity contribution in [3.05, 3.63) is 53.5 Å². The molecule has 1 aromatic carbocycles. The second-order valence-corrected chi connectivity index (χ2v) is 6.46. The van der Waals surface area contributed by atoms with Crippen molar-refractivity contribution in [2.45, 2.75) is 33.2 Å². The Kier molecular flexibility index (Phi) is 5.94. The molecule has 2 heterocycles. The summed E-state index contributed by atoms with van der Waals surface area (Å²) in [5, 5.41) is 12.3. The molecule has 6 nitrogen and oxygen atoms in total. The minimum absolute atomic E-state index is 0.785. The van der Waals surface area contributed by atoms with Crippen LogP contribution in [0.4, 0.5) is 0 Å². The van der Waals surface area contributed by atoms with Crippen LogP contribution < -0.4 is 10.6 Å². The van der Waals surface area contributed by atoms with Crippen LogP contribution in [0.25, 0.3) is 10.9 Å². The van der Waals surface area contributed by atoms with E-state index in [0.717, 1.165) is 38.4 Å². The van der Waals surface area contributed by atoms with Gasteiger partial charge in [-0.3, -0.25) is 9.67 Å². The van der Waals surface area contributed by atoms with Crippen LogP contribution in [0.5, 0.6) is 0 Å². The summed E-state index contributed by atoms with van der Waals surface area (Å²) in [4.78, 5) is 7.72. The van der Waals surface area contributed by atoms with E-state index in [1.807, 2.05) is 24.0 Å². The van der Waals surface area contributed by atoms with Crippen LogP contribution in [0.2, 0.25) is 0 Å². The zero-order valence-electron chi connectivity index (χ0n) is 15.8. The van der Waals surface area contributed by atoms with Gasteiger partial charge in [0.15, 0.2) is 5.96 Å². The number of guanidine groups is 1. The first-order valence-electron chi connectivity index (χ1n) is 9.22. The van der Waals surface area contributed by atoms with Crippen molar-refractivity contribution in [3.63, 3.8) is 0 Å². The van der Waals surface area contributed by atoms with E-state index in [0.29, 0.717) is 0 Å². The van der Waals surface area contributed by atoms with E-state index in [4.69, 9.17) is 0 Å². The minimum Gasteiger partial charge on any atom is -0.361 e. The van der Waals surface area contributed by atoms with Crippen molar-refractivity contribution in [2.75, 3.05) is 20.1 Å². The van der Waals surface area contributed by atoms with Crippen LogP contribution in [0.3, 0.4) is 0 Å². The van der Waals surface area contributed by atoms with Crippen molar-refractivity contribution >= 4 is 16.9 Å². The van der Waals surface area contributed by atoms with Gasteiger partial charge in [0, 0.05) is 43.4 Å². The van der Waals surface area contributed by atoms with Gasteiger partial charge >= 0.3 is 0 Å². The largest absolute Gasteiger partial charge is 0.361 e. The number of para-hydroxylation sites is 1. The first-order chi connectivity index (χ1) is 12.7. The standard InChI is InChI=1S/C20H28N6/c1-4-16-6-5-7-18-17(13-24-19(16)18)8-9-22-20(21-3)23-10-11-26-14-15(2)12-25-26/h5-7,12-14,24H,4,8-11H2,1-3H3,(H2,21,22,23). The van der Waals surface area contributed by atoms with Crippen LogP contribution in [0, 0.1) is 6.92 Å². The Labute approximate surface area is 154 Å². The second-order valence-electron chi connectivity index (χ2n) is 6.46. The molecule has 0 aliphatic heterocycles. The van der Waals surface area contributed by atoms with Gasteiger partial charge in [-0.1, -0.05) is 25.1 Å². The first-order valence-corrected chi connectivity index (χ1v) is 9.22. The van der Waals surface area contributed by atoms with E-state index in [2.05, 4.69) is 57.0 Å². The fraction of sp³-hybridized carbons (Fsp3) is 0.400. The average Bonchev–Trinajstić information content (AvgIpc) is 3.26. The van der Waals surface area contributed by atoms with E-state index < -0.39 is 0 Å². The lowest BCUT2D eigenvalue weighted by atomic mass is 10.1. The quantitative estimate of drug-likeness (QED) is 0.452. The zero-order valence-corrected chi connectivity index (χ0v) is 15.8. The highest BCUT2D eigenvalue weighted by atomic mass is 15.3. The van der Waals surface area contributed by atoms with Crippen LogP contribution in [0.1, 0.15) is 23.6 Å². The highest BCUT2D eigenvalue weighted by molar-refractivity contribution is 5.86. The Bertz CT molecular complexity index is 873. The summed E-state index contributed by atoms with van der Waals surface area (Å²) in [7, 11) is 1.80. The Morgan fingerprint density at radius 3 is 2.81 bits per heavy atom. The molecular weight excluding hydrogens is 324 g/mol. The van der Waals surface area contributed by atoms with Gasteiger partial charge in [-0.2, -0.15) is 5.10 Å². The van der Waals surface area contributed by atoms with Crippen LogP contribution >= 0.6 is 0 Å². The van der Waals surface area contributed by atoms with E-state index in [-0.39, 0.29) is 0 Å². The number of nitrogens with zero attached hydrogens (tertiary/aromatic N) is 3. The third kappa shape index (κ3) is 4.25. The number of hydrogen-bond donors (Lipinski definition) is 3. The third-order valence-corrected chi connectivity index (χ3v) is 4.57. The van der Waals surface area contributed by atoms with E-state index >= 15 is 0 Å². The number of aliphatic imine (C=N–C) groups is 1. The number of aryl methyl sites for hydroxylation is 2. The van der Waals surface area contributed by atoms with E-state index in [1.165, 1.54) is 27.6 Å². The number of H-pyrrole nitrogens is 1. The third-order valence-electron chi connectivity index (χ3n) is 4.57. The predicted molar refractivity (Wildman–Crippen MR) is 108 cm³/mol. The van der Waals surface area contributed by atoms with Gasteiger partial charge in [0.25, 0.3) is 0 Å². The summed E-state index contributed by atoms with van der Waals surface area (Å²) in [6.07, 6.45) is 8.04. The fourth-order valence-corrected chi connectivity index (χ4v) is 3.19. The van der Waals surface area contributed by atoms with Crippen molar-refractivity contribution in [3.8, 4) is 0 Å². The lowest BCUT2D eigenvalue weighted by Gasteiger charge is -2.11. The number of benzene rings is 1. The Morgan fingerprint density at radius 2 is 2.08 bits per heavy atom.